The second-order valence-electron chi connectivity index (χ2n) is 4.88. The number of ether oxygens (including phenoxy) is 1. The molecule has 1 aromatic rings. The van der Waals surface area contributed by atoms with E-state index in [2.05, 4.69) is 16.8 Å². The molecular formula is C14H22N2O2S. The number of methoxy groups -OCH3 is 1. The summed E-state index contributed by atoms with van der Waals surface area (Å²) in [5.41, 5.74) is 0. The van der Waals surface area contributed by atoms with Crippen LogP contribution in [0.5, 0.6) is 0 Å². The fourth-order valence-corrected chi connectivity index (χ4v) is 3.10. The lowest BCUT2D eigenvalue weighted by Crippen LogP contribution is -2.43. The number of nitrogens with one attached hydrogen (secondary N) is 1. The van der Waals surface area contributed by atoms with Crippen molar-refractivity contribution in [2.24, 2.45) is 5.92 Å². The normalized spacial score (nSPS) is 19.3. The Kier molecular flexibility index (Phi) is 5.82. The van der Waals surface area contributed by atoms with Crippen molar-refractivity contribution in [3.63, 3.8) is 0 Å². The van der Waals surface area contributed by atoms with Crippen LogP contribution in [0.25, 0.3) is 0 Å². The van der Waals surface area contributed by atoms with Gasteiger partial charge in [-0.3, -0.25) is 4.79 Å². The van der Waals surface area contributed by atoms with E-state index in [1.807, 2.05) is 11.0 Å². The minimum atomic E-state index is 0.130. The van der Waals surface area contributed by atoms with Crippen LogP contribution < -0.4 is 5.32 Å². The van der Waals surface area contributed by atoms with Gasteiger partial charge in [-0.1, -0.05) is 6.07 Å². The molecule has 1 atom stereocenters. The standard InChI is InChI=1S/C14H22N2O2S/c1-18-8-7-16(11-13-5-3-9-19-13)14(17)12-4-2-6-15-10-12/h3,5,9,12,15H,2,4,6-8,10-11H2,1H3/t12-/m1/s1. The van der Waals surface area contributed by atoms with Crippen LogP contribution in [-0.2, 0) is 16.1 Å². The highest BCUT2D eigenvalue weighted by Crippen LogP contribution is 2.17. The molecule has 0 spiro atoms. The molecule has 0 radical (unpaired) electrons. The summed E-state index contributed by atoms with van der Waals surface area (Å²) in [6.45, 7) is 3.82. The average molecular weight is 282 g/mol. The van der Waals surface area contributed by atoms with Gasteiger partial charge in [0.1, 0.15) is 0 Å². The molecule has 5 heteroatoms. The molecule has 0 saturated carbocycles. The van der Waals surface area contributed by atoms with Crippen LogP contribution in [0.4, 0.5) is 0 Å². The van der Waals surface area contributed by atoms with Crippen LogP contribution in [0.15, 0.2) is 17.5 Å². The van der Waals surface area contributed by atoms with E-state index >= 15 is 0 Å². The Morgan fingerprint density at radius 1 is 1.63 bits per heavy atom. The molecule has 0 bridgehead atoms. The third-order valence-electron chi connectivity index (χ3n) is 3.45. The number of thiophene rings is 1. The first kappa shape index (κ1) is 14.5. The molecule has 1 aliphatic rings. The summed E-state index contributed by atoms with van der Waals surface area (Å²) in [5, 5.41) is 5.36. The highest BCUT2D eigenvalue weighted by molar-refractivity contribution is 7.09. The zero-order valence-corrected chi connectivity index (χ0v) is 12.2. The van der Waals surface area contributed by atoms with Crippen molar-refractivity contribution in [2.75, 3.05) is 33.4 Å². The number of carbonyl (C=O) groups excluding carboxylic acids is 1. The van der Waals surface area contributed by atoms with Gasteiger partial charge in [-0.25, -0.2) is 0 Å². The molecule has 2 heterocycles. The Morgan fingerprint density at radius 2 is 2.53 bits per heavy atom. The van der Waals surface area contributed by atoms with Crippen LogP contribution in [0, 0.1) is 5.92 Å². The Bertz CT molecular complexity index is 375. The Hall–Kier alpha value is -0.910. The molecule has 1 fully saturated rings. The molecule has 1 saturated heterocycles. The first-order valence-electron chi connectivity index (χ1n) is 6.82. The monoisotopic (exact) mass is 282 g/mol. The molecule has 19 heavy (non-hydrogen) atoms. The van der Waals surface area contributed by atoms with E-state index in [4.69, 9.17) is 4.74 Å². The molecule has 1 amide bonds. The lowest BCUT2D eigenvalue weighted by atomic mass is 9.98. The average Bonchev–Trinajstić information content (AvgIpc) is 2.96. The van der Waals surface area contributed by atoms with E-state index in [-0.39, 0.29) is 11.8 Å². The van der Waals surface area contributed by atoms with E-state index in [9.17, 15) is 4.79 Å². The largest absolute Gasteiger partial charge is 0.383 e. The number of carbonyl (C=O) groups is 1. The van der Waals surface area contributed by atoms with Gasteiger partial charge in [-0.2, -0.15) is 0 Å². The molecule has 0 unspecified atom stereocenters. The smallest absolute Gasteiger partial charge is 0.227 e. The summed E-state index contributed by atoms with van der Waals surface area (Å²) in [5.74, 6) is 0.392. The maximum absolute atomic E-state index is 12.6. The number of piperidine rings is 1. The first-order chi connectivity index (χ1) is 9.31. The first-order valence-corrected chi connectivity index (χ1v) is 7.70. The molecular weight excluding hydrogens is 260 g/mol. The molecule has 0 aliphatic carbocycles. The van der Waals surface area contributed by atoms with E-state index < -0.39 is 0 Å². The lowest BCUT2D eigenvalue weighted by Gasteiger charge is -2.29. The summed E-state index contributed by atoms with van der Waals surface area (Å²) in [6, 6.07) is 4.11. The maximum atomic E-state index is 12.6. The molecule has 106 valence electrons. The number of hydrogen-bond acceptors (Lipinski definition) is 4. The Labute approximate surface area is 118 Å². The summed E-state index contributed by atoms with van der Waals surface area (Å²) in [4.78, 5) is 15.7. The van der Waals surface area contributed by atoms with Gasteiger partial charge in [-0.15, -0.1) is 11.3 Å². The van der Waals surface area contributed by atoms with E-state index in [1.54, 1.807) is 18.4 Å². The van der Waals surface area contributed by atoms with Crippen molar-refractivity contribution < 1.29 is 9.53 Å². The molecule has 4 nitrogen and oxygen atoms in total. The van der Waals surface area contributed by atoms with Crippen molar-refractivity contribution in [3.8, 4) is 0 Å². The number of amides is 1. The van der Waals surface area contributed by atoms with E-state index in [0.29, 0.717) is 19.7 Å². The van der Waals surface area contributed by atoms with Crippen LogP contribution in [0.2, 0.25) is 0 Å². The molecule has 0 aromatic carbocycles. The molecule has 1 N–H and O–H groups in total. The van der Waals surface area contributed by atoms with Gasteiger partial charge in [0, 0.05) is 25.1 Å². The van der Waals surface area contributed by atoms with Crippen molar-refractivity contribution >= 4 is 17.2 Å². The number of rotatable bonds is 6. The summed E-state index contributed by atoms with van der Waals surface area (Å²) in [7, 11) is 1.68. The van der Waals surface area contributed by atoms with Gasteiger partial charge < -0.3 is 15.0 Å². The van der Waals surface area contributed by atoms with Crippen LogP contribution in [0.3, 0.4) is 0 Å². The Balaban J connectivity index is 1.96. The summed E-state index contributed by atoms with van der Waals surface area (Å²) >= 11 is 1.70. The highest BCUT2D eigenvalue weighted by Gasteiger charge is 2.25. The topological polar surface area (TPSA) is 41.6 Å². The van der Waals surface area contributed by atoms with Gasteiger partial charge in [0.2, 0.25) is 5.91 Å². The quantitative estimate of drug-likeness (QED) is 0.864. The zero-order valence-electron chi connectivity index (χ0n) is 11.4. The fraction of sp³-hybridized carbons (Fsp3) is 0.643. The molecule has 2 rings (SSSR count). The predicted molar refractivity (Wildman–Crippen MR) is 77.2 cm³/mol. The van der Waals surface area contributed by atoms with Crippen LogP contribution >= 0.6 is 11.3 Å². The maximum Gasteiger partial charge on any atom is 0.227 e. The predicted octanol–water partition coefficient (Wildman–Crippen LogP) is 1.72. The second kappa shape index (κ2) is 7.62. The van der Waals surface area contributed by atoms with Crippen molar-refractivity contribution in [3.05, 3.63) is 22.4 Å². The molecule has 1 aliphatic heterocycles. The third-order valence-corrected chi connectivity index (χ3v) is 4.31. The highest BCUT2D eigenvalue weighted by atomic mass is 32.1. The Morgan fingerprint density at radius 3 is 3.16 bits per heavy atom. The van der Waals surface area contributed by atoms with Gasteiger partial charge in [0.25, 0.3) is 0 Å². The SMILES string of the molecule is COCCN(Cc1cccs1)C(=O)[C@@H]1CCCNC1. The van der Waals surface area contributed by atoms with Gasteiger partial charge in [-0.05, 0) is 30.8 Å². The van der Waals surface area contributed by atoms with E-state index in [1.165, 1.54) is 4.88 Å². The number of nitrogens with zero attached hydrogens (tertiary/aromatic N) is 1. The summed E-state index contributed by atoms with van der Waals surface area (Å²) in [6.07, 6.45) is 2.09. The third kappa shape index (κ3) is 4.30. The van der Waals surface area contributed by atoms with Gasteiger partial charge >= 0.3 is 0 Å². The number of hydrogen-bond donors (Lipinski definition) is 1. The zero-order chi connectivity index (χ0) is 13.5. The second-order valence-corrected chi connectivity index (χ2v) is 5.91. The summed E-state index contributed by atoms with van der Waals surface area (Å²) < 4.78 is 5.12. The fourth-order valence-electron chi connectivity index (χ4n) is 2.38. The lowest BCUT2D eigenvalue weighted by molar-refractivity contribution is -0.137. The van der Waals surface area contributed by atoms with Crippen molar-refractivity contribution in [1.82, 2.24) is 10.2 Å². The van der Waals surface area contributed by atoms with Gasteiger partial charge in [0.15, 0.2) is 0 Å². The van der Waals surface area contributed by atoms with Crippen molar-refractivity contribution in [2.45, 2.75) is 19.4 Å². The van der Waals surface area contributed by atoms with Gasteiger partial charge in [0.05, 0.1) is 19.1 Å². The van der Waals surface area contributed by atoms with Crippen LogP contribution in [-0.4, -0.2) is 44.2 Å². The minimum absolute atomic E-state index is 0.130. The van der Waals surface area contributed by atoms with Crippen molar-refractivity contribution in [1.29, 1.82) is 0 Å². The molecule has 1 aromatic heterocycles. The minimum Gasteiger partial charge on any atom is -0.383 e. The van der Waals surface area contributed by atoms with E-state index in [0.717, 1.165) is 25.9 Å². The van der Waals surface area contributed by atoms with Crippen LogP contribution in [0.1, 0.15) is 17.7 Å².